The first-order valence-electron chi connectivity index (χ1n) is 6.41. The number of hydrogen-bond donors (Lipinski definition) is 1. The second-order valence-corrected chi connectivity index (χ2v) is 5.50. The van der Waals surface area contributed by atoms with Crippen molar-refractivity contribution in [2.45, 2.75) is 45.6 Å². The van der Waals surface area contributed by atoms with Gasteiger partial charge in [0, 0.05) is 18.4 Å². The maximum absolute atomic E-state index is 6.03. The lowest BCUT2D eigenvalue weighted by Gasteiger charge is -2.35. The summed E-state index contributed by atoms with van der Waals surface area (Å²) >= 11 is 6.03. The number of rotatable bonds is 3. The molecular formula is C13H20ClN3. The highest BCUT2D eigenvalue weighted by molar-refractivity contribution is 6.31. The zero-order chi connectivity index (χ0) is 12.3. The van der Waals surface area contributed by atoms with E-state index in [4.69, 9.17) is 11.6 Å². The summed E-state index contributed by atoms with van der Waals surface area (Å²) in [5, 5.41) is 3.95. The topological polar surface area (TPSA) is 37.8 Å². The highest BCUT2D eigenvalue weighted by Crippen LogP contribution is 2.32. The monoisotopic (exact) mass is 253 g/mol. The van der Waals surface area contributed by atoms with Gasteiger partial charge in [0.25, 0.3) is 0 Å². The zero-order valence-corrected chi connectivity index (χ0v) is 11.2. The number of anilines is 1. The van der Waals surface area contributed by atoms with Gasteiger partial charge in [-0.1, -0.05) is 38.3 Å². The van der Waals surface area contributed by atoms with E-state index in [0.717, 1.165) is 5.82 Å². The molecule has 3 nitrogen and oxygen atoms in total. The Balaban J connectivity index is 2.08. The van der Waals surface area contributed by atoms with E-state index in [2.05, 4.69) is 29.1 Å². The molecule has 0 radical (unpaired) electrons. The Kier molecular flexibility index (Phi) is 4.21. The standard InChI is InChI=1S/C13H20ClN3/c1-9(2)10-5-3-4-6-11(10)17-13-12(14)15-7-8-16-13/h7-11H,3-6H2,1-2H3,(H,16,17). The smallest absolute Gasteiger partial charge is 0.171 e. The minimum Gasteiger partial charge on any atom is -0.364 e. The molecule has 0 aromatic carbocycles. The van der Waals surface area contributed by atoms with Crippen LogP contribution in [-0.4, -0.2) is 16.0 Å². The molecule has 17 heavy (non-hydrogen) atoms. The molecular weight excluding hydrogens is 234 g/mol. The van der Waals surface area contributed by atoms with Crippen LogP contribution in [0.2, 0.25) is 5.15 Å². The van der Waals surface area contributed by atoms with E-state index >= 15 is 0 Å². The van der Waals surface area contributed by atoms with Crippen LogP contribution >= 0.6 is 11.6 Å². The number of halogens is 1. The van der Waals surface area contributed by atoms with Gasteiger partial charge in [0.05, 0.1) is 0 Å². The van der Waals surface area contributed by atoms with Gasteiger partial charge in [-0.15, -0.1) is 0 Å². The molecule has 1 saturated carbocycles. The van der Waals surface area contributed by atoms with Crippen LogP contribution in [-0.2, 0) is 0 Å². The number of aromatic nitrogens is 2. The molecule has 1 N–H and O–H groups in total. The van der Waals surface area contributed by atoms with Gasteiger partial charge in [-0.25, -0.2) is 9.97 Å². The fourth-order valence-electron chi connectivity index (χ4n) is 2.73. The van der Waals surface area contributed by atoms with Crippen molar-refractivity contribution in [2.24, 2.45) is 11.8 Å². The van der Waals surface area contributed by atoms with Gasteiger partial charge in [-0.05, 0) is 24.7 Å². The molecule has 1 aromatic heterocycles. The van der Waals surface area contributed by atoms with Crippen LogP contribution in [0.3, 0.4) is 0 Å². The van der Waals surface area contributed by atoms with Gasteiger partial charge in [0.15, 0.2) is 11.0 Å². The number of hydrogen-bond acceptors (Lipinski definition) is 3. The van der Waals surface area contributed by atoms with Gasteiger partial charge in [0.1, 0.15) is 0 Å². The molecule has 1 aliphatic rings. The van der Waals surface area contributed by atoms with Crippen molar-refractivity contribution in [1.82, 2.24) is 9.97 Å². The van der Waals surface area contributed by atoms with Crippen molar-refractivity contribution in [3.05, 3.63) is 17.5 Å². The van der Waals surface area contributed by atoms with Crippen molar-refractivity contribution in [3.63, 3.8) is 0 Å². The molecule has 94 valence electrons. The normalized spacial score (nSPS) is 24.9. The lowest BCUT2D eigenvalue weighted by atomic mass is 9.78. The average molecular weight is 254 g/mol. The van der Waals surface area contributed by atoms with Crippen molar-refractivity contribution in [3.8, 4) is 0 Å². The predicted octanol–water partition coefficient (Wildman–Crippen LogP) is 3.76. The van der Waals surface area contributed by atoms with E-state index in [1.807, 2.05) is 0 Å². The SMILES string of the molecule is CC(C)C1CCCCC1Nc1nccnc1Cl. The molecule has 1 aliphatic carbocycles. The molecule has 0 saturated heterocycles. The van der Waals surface area contributed by atoms with Crippen LogP contribution in [0.15, 0.2) is 12.4 Å². The Morgan fingerprint density at radius 1 is 1.24 bits per heavy atom. The highest BCUT2D eigenvalue weighted by Gasteiger charge is 2.28. The molecule has 2 unspecified atom stereocenters. The molecule has 4 heteroatoms. The molecule has 1 fully saturated rings. The van der Waals surface area contributed by atoms with E-state index in [1.54, 1.807) is 12.4 Å². The summed E-state index contributed by atoms with van der Waals surface area (Å²) in [4.78, 5) is 8.32. The third-order valence-corrected chi connectivity index (χ3v) is 3.93. The third-order valence-electron chi connectivity index (χ3n) is 3.65. The van der Waals surface area contributed by atoms with Crippen LogP contribution in [0.25, 0.3) is 0 Å². The second-order valence-electron chi connectivity index (χ2n) is 5.14. The van der Waals surface area contributed by atoms with Gasteiger partial charge in [0.2, 0.25) is 0 Å². The average Bonchev–Trinajstić information content (AvgIpc) is 2.32. The minimum atomic E-state index is 0.473. The molecule has 0 aliphatic heterocycles. The lowest BCUT2D eigenvalue weighted by Crippen LogP contribution is -2.35. The van der Waals surface area contributed by atoms with Gasteiger partial charge in [-0.2, -0.15) is 0 Å². The van der Waals surface area contributed by atoms with E-state index in [0.29, 0.717) is 23.0 Å². The van der Waals surface area contributed by atoms with E-state index in [-0.39, 0.29) is 0 Å². The Morgan fingerprint density at radius 3 is 2.65 bits per heavy atom. The van der Waals surface area contributed by atoms with E-state index < -0.39 is 0 Å². The first kappa shape index (κ1) is 12.6. The van der Waals surface area contributed by atoms with Gasteiger partial charge >= 0.3 is 0 Å². The molecule has 1 heterocycles. The molecule has 0 bridgehead atoms. The minimum absolute atomic E-state index is 0.473. The Labute approximate surface area is 108 Å². The summed E-state index contributed by atoms with van der Waals surface area (Å²) < 4.78 is 0. The maximum atomic E-state index is 6.03. The zero-order valence-electron chi connectivity index (χ0n) is 10.5. The van der Waals surface area contributed by atoms with Crippen molar-refractivity contribution in [1.29, 1.82) is 0 Å². The first-order chi connectivity index (χ1) is 8.18. The molecule has 2 rings (SSSR count). The largest absolute Gasteiger partial charge is 0.364 e. The number of nitrogens with zero attached hydrogens (tertiary/aromatic N) is 2. The Bertz CT molecular complexity index is 367. The first-order valence-corrected chi connectivity index (χ1v) is 6.79. The summed E-state index contributed by atoms with van der Waals surface area (Å²) in [5.74, 6) is 2.14. The van der Waals surface area contributed by atoms with Crippen LogP contribution in [0.1, 0.15) is 39.5 Å². The van der Waals surface area contributed by atoms with E-state index in [9.17, 15) is 0 Å². The maximum Gasteiger partial charge on any atom is 0.171 e. The number of nitrogens with one attached hydrogen (secondary N) is 1. The molecule has 0 spiro atoms. The molecule has 1 aromatic rings. The summed E-state index contributed by atoms with van der Waals surface area (Å²) in [6, 6.07) is 0.484. The third kappa shape index (κ3) is 3.09. The summed E-state index contributed by atoms with van der Waals surface area (Å²) in [7, 11) is 0. The van der Waals surface area contributed by atoms with Crippen LogP contribution in [0.4, 0.5) is 5.82 Å². The van der Waals surface area contributed by atoms with Crippen molar-refractivity contribution in [2.75, 3.05) is 5.32 Å². The van der Waals surface area contributed by atoms with Crippen molar-refractivity contribution >= 4 is 17.4 Å². The Morgan fingerprint density at radius 2 is 1.94 bits per heavy atom. The Hall–Kier alpha value is -0.830. The highest BCUT2D eigenvalue weighted by atomic mass is 35.5. The van der Waals surface area contributed by atoms with E-state index in [1.165, 1.54) is 25.7 Å². The summed E-state index contributed by atoms with van der Waals surface area (Å²) in [6.45, 7) is 4.59. The quantitative estimate of drug-likeness (QED) is 0.891. The second kappa shape index (κ2) is 5.67. The fourth-order valence-corrected chi connectivity index (χ4v) is 2.89. The van der Waals surface area contributed by atoms with Crippen LogP contribution < -0.4 is 5.32 Å². The van der Waals surface area contributed by atoms with Crippen molar-refractivity contribution < 1.29 is 0 Å². The van der Waals surface area contributed by atoms with Gasteiger partial charge < -0.3 is 5.32 Å². The lowest BCUT2D eigenvalue weighted by molar-refractivity contribution is 0.253. The molecule has 0 amide bonds. The van der Waals surface area contributed by atoms with Crippen LogP contribution in [0, 0.1) is 11.8 Å². The van der Waals surface area contributed by atoms with Crippen LogP contribution in [0.5, 0.6) is 0 Å². The summed E-state index contributed by atoms with van der Waals surface area (Å²) in [6.07, 6.45) is 8.44. The molecule has 2 atom stereocenters. The fraction of sp³-hybridized carbons (Fsp3) is 0.692. The summed E-state index contributed by atoms with van der Waals surface area (Å²) in [5.41, 5.74) is 0. The predicted molar refractivity (Wildman–Crippen MR) is 71.2 cm³/mol. The van der Waals surface area contributed by atoms with Gasteiger partial charge in [-0.3, -0.25) is 0 Å².